The Balaban J connectivity index is 1.49. The topological polar surface area (TPSA) is 52.7 Å². The van der Waals surface area contributed by atoms with E-state index in [1.54, 1.807) is 6.07 Å². The fraction of sp³-hybridized carbons (Fsp3) is 0.364. The number of nitrogens with two attached hydrogens (primary N) is 1. The van der Waals surface area contributed by atoms with Gasteiger partial charge in [-0.15, -0.1) is 0 Å². The molecule has 1 aliphatic heterocycles. The number of nitrogens with zero attached hydrogens (tertiary/aromatic N) is 2. The van der Waals surface area contributed by atoms with Gasteiger partial charge in [-0.2, -0.15) is 0 Å². The molecule has 0 bridgehead atoms. The summed E-state index contributed by atoms with van der Waals surface area (Å²) >= 11 is 0. The monoisotopic (exact) mass is 369 g/mol. The fourth-order valence-electron chi connectivity index (χ4n) is 3.50. The molecule has 1 saturated heterocycles. The second kappa shape index (κ2) is 9.02. The Morgan fingerprint density at radius 2 is 1.89 bits per heavy atom. The Labute approximate surface area is 160 Å². The highest BCUT2D eigenvalue weighted by molar-refractivity contribution is 5.39. The molecule has 1 atom stereocenters. The number of aliphatic hydroxyl groups is 1. The Kier molecular flexibility index (Phi) is 6.48. The maximum Gasteiger partial charge on any atom is 0.123 e. The van der Waals surface area contributed by atoms with Crippen molar-refractivity contribution in [1.82, 2.24) is 10.0 Å². The standard InChI is InChI=1S/C22H28FN3O/c1-17-9-12-25(26(17)14-10-18-5-7-21(24)8-6-18)13-11-22(27)16-19-3-2-4-20(23)15-19/h2-8,15,22,27H,1,9-14,16,24H2. The zero-order valence-electron chi connectivity index (χ0n) is 15.6. The van der Waals surface area contributed by atoms with Gasteiger partial charge in [0, 0.05) is 37.4 Å². The molecule has 3 rings (SSSR count). The molecule has 144 valence electrons. The largest absolute Gasteiger partial charge is 0.399 e. The van der Waals surface area contributed by atoms with Gasteiger partial charge in [-0.3, -0.25) is 0 Å². The average molecular weight is 369 g/mol. The lowest BCUT2D eigenvalue weighted by molar-refractivity contribution is 0.0333. The first kappa shape index (κ1) is 19.4. The van der Waals surface area contributed by atoms with E-state index >= 15 is 0 Å². The van der Waals surface area contributed by atoms with E-state index in [9.17, 15) is 9.50 Å². The molecular formula is C22H28FN3O. The van der Waals surface area contributed by atoms with Crippen LogP contribution < -0.4 is 5.73 Å². The van der Waals surface area contributed by atoms with Crippen molar-refractivity contribution >= 4 is 5.69 Å². The van der Waals surface area contributed by atoms with Gasteiger partial charge in [0.15, 0.2) is 0 Å². The first-order valence-electron chi connectivity index (χ1n) is 9.48. The van der Waals surface area contributed by atoms with Crippen LogP contribution in [0.4, 0.5) is 10.1 Å². The van der Waals surface area contributed by atoms with Crippen molar-refractivity contribution in [2.24, 2.45) is 0 Å². The molecule has 5 heteroatoms. The molecule has 2 aromatic carbocycles. The van der Waals surface area contributed by atoms with E-state index in [4.69, 9.17) is 5.73 Å². The quantitative estimate of drug-likeness (QED) is 0.701. The molecule has 4 nitrogen and oxygen atoms in total. The van der Waals surface area contributed by atoms with E-state index in [0.717, 1.165) is 49.4 Å². The van der Waals surface area contributed by atoms with Crippen LogP contribution in [0.25, 0.3) is 0 Å². The molecule has 0 saturated carbocycles. The minimum Gasteiger partial charge on any atom is -0.399 e. The molecule has 0 spiro atoms. The molecule has 1 unspecified atom stereocenters. The van der Waals surface area contributed by atoms with Crippen molar-refractivity contribution < 1.29 is 9.50 Å². The van der Waals surface area contributed by atoms with Crippen molar-refractivity contribution in [1.29, 1.82) is 0 Å². The number of aliphatic hydroxyl groups excluding tert-OH is 1. The van der Waals surface area contributed by atoms with E-state index in [0.29, 0.717) is 12.8 Å². The van der Waals surface area contributed by atoms with Crippen LogP contribution in [0, 0.1) is 5.82 Å². The van der Waals surface area contributed by atoms with Gasteiger partial charge in [-0.25, -0.2) is 9.40 Å². The van der Waals surface area contributed by atoms with E-state index < -0.39 is 6.10 Å². The summed E-state index contributed by atoms with van der Waals surface area (Å²) in [6.07, 6.45) is 2.49. The fourth-order valence-corrected chi connectivity index (χ4v) is 3.50. The van der Waals surface area contributed by atoms with Crippen molar-refractivity contribution in [3.63, 3.8) is 0 Å². The van der Waals surface area contributed by atoms with Crippen molar-refractivity contribution in [3.05, 3.63) is 77.8 Å². The van der Waals surface area contributed by atoms with Crippen molar-refractivity contribution in [3.8, 4) is 0 Å². The van der Waals surface area contributed by atoms with Crippen LogP contribution in [-0.2, 0) is 12.8 Å². The summed E-state index contributed by atoms with van der Waals surface area (Å²) in [5.41, 5.74) is 9.71. The first-order chi connectivity index (χ1) is 13.0. The predicted molar refractivity (Wildman–Crippen MR) is 107 cm³/mol. The zero-order valence-corrected chi connectivity index (χ0v) is 15.6. The van der Waals surface area contributed by atoms with Crippen LogP contribution >= 0.6 is 0 Å². The maximum absolute atomic E-state index is 13.3. The number of anilines is 1. The number of hydrazine groups is 1. The first-order valence-corrected chi connectivity index (χ1v) is 9.48. The number of rotatable bonds is 8. The number of halogens is 1. The maximum atomic E-state index is 13.3. The second-order valence-electron chi connectivity index (χ2n) is 7.16. The summed E-state index contributed by atoms with van der Waals surface area (Å²) in [4.78, 5) is 0. The third kappa shape index (κ3) is 5.55. The van der Waals surface area contributed by atoms with Gasteiger partial charge in [0.1, 0.15) is 5.82 Å². The Morgan fingerprint density at radius 3 is 2.63 bits per heavy atom. The van der Waals surface area contributed by atoms with Gasteiger partial charge in [0.2, 0.25) is 0 Å². The third-order valence-electron chi connectivity index (χ3n) is 5.04. The SMILES string of the molecule is C=C1CCN(CCC(O)Cc2cccc(F)c2)N1CCc1ccc(N)cc1. The highest BCUT2D eigenvalue weighted by atomic mass is 19.1. The third-order valence-corrected chi connectivity index (χ3v) is 5.04. The van der Waals surface area contributed by atoms with Crippen LogP contribution in [-0.4, -0.2) is 40.9 Å². The molecule has 3 N–H and O–H groups in total. The van der Waals surface area contributed by atoms with Crippen LogP contribution in [0.2, 0.25) is 0 Å². The number of benzene rings is 2. The Hall–Kier alpha value is -2.37. The van der Waals surface area contributed by atoms with Crippen LogP contribution in [0.3, 0.4) is 0 Å². The molecule has 0 radical (unpaired) electrons. The summed E-state index contributed by atoms with van der Waals surface area (Å²) in [6, 6.07) is 14.4. The summed E-state index contributed by atoms with van der Waals surface area (Å²) in [5.74, 6) is -0.260. The van der Waals surface area contributed by atoms with Gasteiger partial charge in [0.25, 0.3) is 0 Å². The lowest BCUT2D eigenvalue weighted by atomic mass is 10.1. The Bertz CT molecular complexity index is 762. The van der Waals surface area contributed by atoms with Crippen molar-refractivity contribution in [2.45, 2.75) is 31.8 Å². The zero-order chi connectivity index (χ0) is 19.2. The molecule has 1 fully saturated rings. The average Bonchev–Trinajstić information content (AvgIpc) is 2.99. The van der Waals surface area contributed by atoms with Gasteiger partial charge in [-0.1, -0.05) is 30.8 Å². The van der Waals surface area contributed by atoms with Crippen LogP contribution in [0.5, 0.6) is 0 Å². The molecule has 1 aliphatic rings. The summed E-state index contributed by atoms with van der Waals surface area (Å²) in [7, 11) is 0. The van der Waals surface area contributed by atoms with Crippen molar-refractivity contribution in [2.75, 3.05) is 25.4 Å². The normalized spacial score (nSPS) is 16.1. The smallest absolute Gasteiger partial charge is 0.123 e. The summed E-state index contributed by atoms with van der Waals surface area (Å²) in [6.45, 7) is 6.73. The van der Waals surface area contributed by atoms with E-state index in [1.807, 2.05) is 18.2 Å². The molecule has 27 heavy (non-hydrogen) atoms. The molecule has 0 aliphatic carbocycles. The molecule has 0 amide bonds. The van der Waals surface area contributed by atoms with Gasteiger partial charge >= 0.3 is 0 Å². The minimum absolute atomic E-state index is 0.260. The molecule has 2 aromatic rings. The lowest BCUT2D eigenvalue weighted by Gasteiger charge is -2.31. The number of nitrogen functional groups attached to an aromatic ring is 1. The molecule has 1 heterocycles. The van der Waals surface area contributed by atoms with E-state index in [1.165, 1.54) is 17.7 Å². The van der Waals surface area contributed by atoms with E-state index in [-0.39, 0.29) is 5.82 Å². The Morgan fingerprint density at radius 1 is 1.11 bits per heavy atom. The minimum atomic E-state index is -0.486. The number of hydrogen-bond donors (Lipinski definition) is 2. The second-order valence-corrected chi connectivity index (χ2v) is 7.16. The summed E-state index contributed by atoms with van der Waals surface area (Å²) < 4.78 is 13.3. The molecular weight excluding hydrogens is 341 g/mol. The summed E-state index contributed by atoms with van der Waals surface area (Å²) in [5, 5.41) is 14.8. The lowest BCUT2D eigenvalue weighted by Crippen LogP contribution is -2.38. The number of hydrogen-bond acceptors (Lipinski definition) is 4. The predicted octanol–water partition coefficient (Wildman–Crippen LogP) is 3.38. The van der Waals surface area contributed by atoms with Gasteiger partial charge in [0.05, 0.1) is 6.10 Å². The highest BCUT2D eigenvalue weighted by Crippen LogP contribution is 2.22. The van der Waals surface area contributed by atoms with Crippen LogP contribution in [0.1, 0.15) is 24.0 Å². The molecule has 0 aromatic heterocycles. The van der Waals surface area contributed by atoms with Crippen LogP contribution in [0.15, 0.2) is 60.8 Å². The van der Waals surface area contributed by atoms with E-state index in [2.05, 4.69) is 28.7 Å². The van der Waals surface area contributed by atoms with Gasteiger partial charge < -0.3 is 15.8 Å². The highest BCUT2D eigenvalue weighted by Gasteiger charge is 2.24. The van der Waals surface area contributed by atoms with Gasteiger partial charge in [-0.05, 0) is 54.7 Å².